The summed E-state index contributed by atoms with van der Waals surface area (Å²) in [5.41, 5.74) is 12.8. The van der Waals surface area contributed by atoms with Crippen molar-refractivity contribution in [2.75, 3.05) is 0 Å². The van der Waals surface area contributed by atoms with Gasteiger partial charge >= 0.3 is 0 Å². The largest absolute Gasteiger partial charge is 0.0587 e. The smallest absolute Gasteiger partial charge is 0.00987 e. The maximum Gasteiger partial charge on any atom is -0.00987 e. The molecule has 0 aliphatic heterocycles. The van der Waals surface area contributed by atoms with Crippen LogP contribution in [0.15, 0.2) is 0 Å². The Morgan fingerprint density at radius 2 is 0.800 bits per heavy atom. The SMILES string of the molecule is CC1(C)[C@@H]2CC[C@H]1c1c3c(c4c(c12)[C@@H]1CC[C@H]4C1(C)C)[C@@H]1CC[C@H]3C1. The Hall–Kier alpha value is -0.780. The molecule has 3 saturated carbocycles. The van der Waals surface area contributed by atoms with Crippen LogP contribution in [0.2, 0.25) is 0 Å². The third-order valence-corrected chi connectivity index (χ3v) is 10.5. The van der Waals surface area contributed by atoms with Gasteiger partial charge in [-0.25, -0.2) is 0 Å². The van der Waals surface area contributed by atoms with Gasteiger partial charge in [0.15, 0.2) is 0 Å². The molecule has 0 saturated heterocycles. The zero-order chi connectivity index (χ0) is 16.9. The Labute approximate surface area is 152 Å². The summed E-state index contributed by atoms with van der Waals surface area (Å²) in [6, 6.07) is 0. The summed E-state index contributed by atoms with van der Waals surface area (Å²) < 4.78 is 0. The summed E-state index contributed by atoms with van der Waals surface area (Å²) in [6.07, 6.45) is 10.4. The predicted molar refractivity (Wildman–Crippen MR) is 103 cm³/mol. The van der Waals surface area contributed by atoms with E-state index in [0.717, 1.165) is 35.5 Å². The maximum absolute atomic E-state index is 2.61. The Balaban J connectivity index is 1.63. The second kappa shape index (κ2) is 3.90. The van der Waals surface area contributed by atoms with E-state index in [1.807, 2.05) is 33.4 Å². The second-order valence-corrected chi connectivity index (χ2v) is 11.7. The molecule has 132 valence electrons. The fraction of sp³-hybridized carbons (Fsp3) is 0.760. The van der Waals surface area contributed by atoms with Gasteiger partial charge in [-0.05, 0) is 125 Å². The van der Waals surface area contributed by atoms with Crippen molar-refractivity contribution in [1.29, 1.82) is 0 Å². The summed E-state index contributed by atoms with van der Waals surface area (Å²) >= 11 is 0. The molecule has 6 aliphatic carbocycles. The average Bonchev–Trinajstić information content (AvgIpc) is 3.37. The molecule has 0 nitrogen and oxygen atoms in total. The van der Waals surface area contributed by atoms with Crippen LogP contribution in [0.3, 0.4) is 0 Å². The first-order valence-corrected chi connectivity index (χ1v) is 11.2. The lowest BCUT2D eigenvalue weighted by molar-refractivity contribution is 0.315. The topological polar surface area (TPSA) is 0 Å². The minimum atomic E-state index is 0.527. The van der Waals surface area contributed by atoms with Gasteiger partial charge < -0.3 is 0 Å². The van der Waals surface area contributed by atoms with Gasteiger partial charge in [-0.1, -0.05) is 27.7 Å². The molecular weight excluding hydrogens is 300 g/mol. The van der Waals surface area contributed by atoms with Crippen LogP contribution in [0.4, 0.5) is 0 Å². The van der Waals surface area contributed by atoms with Crippen LogP contribution in [0.5, 0.6) is 0 Å². The van der Waals surface area contributed by atoms with Gasteiger partial charge in [0.2, 0.25) is 0 Å². The fourth-order valence-corrected chi connectivity index (χ4v) is 9.46. The van der Waals surface area contributed by atoms with Crippen molar-refractivity contribution in [2.24, 2.45) is 10.8 Å². The van der Waals surface area contributed by atoms with E-state index < -0.39 is 0 Å². The van der Waals surface area contributed by atoms with Crippen molar-refractivity contribution in [2.45, 2.75) is 108 Å². The van der Waals surface area contributed by atoms with Crippen LogP contribution in [-0.2, 0) is 0 Å². The van der Waals surface area contributed by atoms with Crippen LogP contribution < -0.4 is 0 Å². The van der Waals surface area contributed by atoms with Gasteiger partial charge in [-0.2, -0.15) is 0 Å². The number of rotatable bonds is 0. The lowest BCUT2D eigenvalue weighted by atomic mass is 9.72. The summed E-state index contributed by atoms with van der Waals surface area (Å²) in [5.74, 6) is 5.40. The molecule has 0 heterocycles. The predicted octanol–water partition coefficient (Wildman–Crippen LogP) is 7.05. The van der Waals surface area contributed by atoms with E-state index in [4.69, 9.17) is 0 Å². The van der Waals surface area contributed by atoms with Crippen molar-refractivity contribution >= 4 is 0 Å². The molecule has 6 bridgehead atoms. The summed E-state index contributed by atoms with van der Waals surface area (Å²) in [5, 5.41) is 0. The molecule has 0 amide bonds. The Bertz CT molecular complexity index is 769. The van der Waals surface area contributed by atoms with Gasteiger partial charge in [0.25, 0.3) is 0 Å². The molecule has 25 heavy (non-hydrogen) atoms. The van der Waals surface area contributed by atoms with Crippen LogP contribution in [0.25, 0.3) is 0 Å². The van der Waals surface area contributed by atoms with Gasteiger partial charge in [0.05, 0.1) is 0 Å². The van der Waals surface area contributed by atoms with Gasteiger partial charge in [-0.3, -0.25) is 0 Å². The molecule has 0 spiro atoms. The van der Waals surface area contributed by atoms with Crippen LogP contribution in [0.1, 0.15) is 142 Å². The molecule has 0 unspecified atom stereocenters. The highest BCUT2D eigenvalue weighted by atomic mass is 14.7. The molecule has 0 aromatic heterocycles. The average molecular weight is 333 g/mol. The highest BCUT2D eigenvalue weighted by molar-refractivity contribution is 5.68. The number of hydrogen-bond donors (Lipinski definition) is 0. The summed E-state index contributed by atoms with van der Waals surface area (Å²) in [4.78, 5) is 0. The highest BCUT2D eigenvalue weighted by Gasteiger charge is 2.62. The Morgan fingerprint density at radius 1 is 0.480 bits per heavy atom. The number of benzene rings is 1. The first-order valence-electron chi connectivity index (χ1n) is 11.2. The van der Waals surface area contributed by atoms with Crippen LogP contribution in [-0.4, -0.2) is 0 Å². The standard InChI is InChI=1S/C25H32/c1-24(2)14-7-9-16(24)22-20(14)18-12-5-6-13(11-12)19(18)21-15-8-10-17(23(21)22)25(15,3)4/h12-17H,5-11H2,1-4H3/t12-,13+,14-,15+,16+,17-. The molecule has 7 rings (SSSR count). The quantitative estimate of drug-likeness (QED) is 0.477. The molecule has 6 aliphatic rings. The molecular formula is C25H32. The van der Waals surface area contributed by atoms with Gasteiger partial charge in [0, 0.05) is 0 Å². The first-order chi connectivity index (χ1) is 11.9. The molecule has 6 atom stereocenters. The molecule has 1 aromatic rings. The van der Waals surface area contributed by atoms with E-state index in [0.29, 0.717) is 10.8 Å². The molecule has 0 radical (unpaired) electrons. The zero-order valence-electron chi connectivity index (χ0n) is 16.4. The van der Waals surface area contributed by atoms with Crippen molar-refractivity contribution in [3.8, 4) is 0 Å². The minimum Gasteiger partial charge on any atom is -0.0587 e. The van der Waals surface area contributed by atoms with E-state index in [1.54, 1.807) is 0 Å². The van der Waals surface area contributed by atoms with Gasteiger partial charge in [0.1, 0.15) is 0 Å². The number of hydrogen-bond acceptors (Lipinski definition) is 0. The van der Waals surface area contributed by atoms with Crippen LogP contribution in [0, 0.1) is 10.8 Å². The van der Waals surface area contributed by atoms with E-state index >= 15 is 0 Å². The Kier molecular flexibility index (Phi) is 2.23. The maximum atomic E-state index is 2.61. The second-order valence-electron chi connectivity index (χ2n) is 11.7. The monoisotopic (exact) mass is 332 g/mol. The van der Waals surface area contributed by atoms with Crippen molar-refractivity contribution < 1.29 is 0 Å². The summed E-state index contributed by atoms with van der Waals surface area (Å²) in [7, 11) is 0. The molecule has 3 fully saturated rings. The molecule has 1 aromatic carbocycles. The van der Waals surface area contributed by atoms with E-state index in [1.165, 1.54) is 44.9 Å². The van der Waals surface area contributed by atoms with Crippen molar-refractivity contribution in [1.82, 2.24) is 0 Å². The lowest BCUT2D eigenvalue weighted by Crippen LogP contribution is -2.16. The minimum absolute atomic E-state index is 0.527. The van der Waals surface area contributed by atoms with E-state index in [-0.39, 0.29) is 0 Å². The Morgan fingerprint density at radius 3 is 1.16 bits per heavy atom. The normalized spacial score (nSPS) is 45.1. The zero-order valence-corrected chi connectivity index (χ0v) is 16.4. The van der Waals surface area contributed by atoms with E-state index in [9.17, 15) is 0 Å². The summed E-state index contributed by atoms with van der Waals surface area (Å²) in [6.45, 7) is 10.4. The van der Waals surface area contributed by atoms with Crippen molar-refractivity contribution in [3.63, 3.8) is 0 Å². The highest BCUT2D eigenvalue weighted by Crippen LogP contribution is 2.76. The van der Waals surface area contributed by atoms with E-state index in [2.05, 4.69) is 27.7 Å². The molecule has 0 heteroatoms. The third kappa shape index (κ3) is 1.28. The third-order valence-electron chi connectivity index (χ3n) is 10.5. The number of fused-ring (bicyclic) bond motifs is 18. The lowest BCUT2D eigenvalue weighted by Gasteiger charge is -2.32. The molecule has 0 N–H and O–H groups in total. The fourth-order valence-electron chi connectivity index (χ4n) is 9.46. The van der Waals surface area contributed by atoms with Crippen LogP contribution >= 0.6 is 0 Å². The van der Waals surface area contributed by atoms with Gasteiger partial charge in [-0.15, -0.1) is 0 Å². The first kappa shape index (κ1) is 14.3. The van der Waals surface area contributed by atoms with Crippen molar-refractivity contribution in [3.05, 3.63) is 33.4 Å².